The molecule has 1 heterocycles. The third-order valence-electron chi connectivity index (χ3n) is 2.66. The highest BCUT2D eigenvalue weighted by Crippen LogP contribution is 2.19. The topological polar surface area (TPSA) is 74.8 Å². The molecule has 1 atom stereocenters. The number of nitrogens with one attached hydrogen (secondary N) is 2. The van der Waals surface area contributed by atoms with E-state index >= 15 is 0 Å². The van der Waals surface area contributed by atoms with Crippen LogP contribution >= 0.6 is 11.6 Å². The quantitative estimate of drug-likeness (QED) is 0.890. The number of sulfonamides is 1. The lowest BCUT2D eigenvalue weighted by atomic mass is 10.2. The summed E-state index contributed by atoms with van der Waals surface area (Å²) in [6.07, 6.45) is 3.84. The molecule has 0 saturated carbocycles. The molecule has 1 unspecified atom stereocenters. The largest absolute Gasteiger partial charge is 0.347 e. The fraction of sp³-hybridized carbons (Fsp3) is 0.250. The molecule has 0 aliphatic rings. The minimum absolute atomic E-state index is 0.144. The van der Waals surface area contributed by atoms with Gasteiger partial charge in [0, 0.05) is 17.4 Å². The smallest absolute Gasteiger partial charge is 0.241 e. The summed E-state index contributed by atoms with van der Waals surface area (Å²) in [7, 11) is -3.61. The van der Waals surface area contributed by atoms with E-state index in [0.29, 0.717) is 17.3 Å². The second-order valence-corrected chi connectivity index (χ2v) is 6.16. The highest BCUT2D eigenvalue weighted by Gasteiger charge is 2.21. The van der Waals surface area contributed by atoms with Crippen LogP contribution < -0.4 is 4.72 Å². The van der Waals surface area contributed by atoms with Gasteiger partial charge in [0.1, 0.15) is 5.82 Å². The van der Waals surface area contributed by atoms with Crippen molar-refractivity contribution in [1.29, 1.82) is 0 Å². The van der Waals surface area contributed by atoms with Gasteiger partial charge in [-0.3, -0.25) is 0 Å². The molecular weight excluding hydrogens is 286 g/mol. The van der Waals surface area contributed by atoms with Gasteiger partial charge in [-0.2, -0.15) is 0 Å². The van der Waals surface area contributed by atoms with E-state index in [2.05, 4.69) is 14.7 Å². The molecule has 19 heavy (non-hydrogen) atoms. The van der Waals surface area contributed by atoms with Gasteiger partial charge in [0.05, 0.1) is 10.9 Å². The lowest BCUT2D eigenvalue weighted by Crippen LogP contribution is -2.29. The van der Waals surface area contributed by atoms with Gasteiger partial charge >= 0.3 is 0 Å². The first kappa shape index (κ1) is 14.0. The number of imidazole rings is 1. The van der Waals surface area contributed by atoms with E-state index in [0.717, 1.165) is 0 Å². The standard InChI is InChI=1S/C12H14ClN3O2S/c1-2-11(12-14-6-7-15-12)16-19(17,18)10-5-3-4-9(13)8-10/h3-8,11,16H,2H2,1H3,(H,14,15). The Morgan fingerprint density at radius 3 is 2.84 bits per heavy atom. The molecule has 7 heteroatoms. The number of halogens is 1. The summed E-state index contributed by atoms with van der Waals surface area (Å²) in [5.74, 6) is 0.591. The number of aromatic nitrogens is 2. The van der Waals surface area contributed by atoms with Crippen LogP contribution in [0.25, 0.3) is 0 Å². The van der Waals surface area contributed by atoms with Crippen molar-refractivity contribution in [3.8, 4) is 0 Å². The molecule has 0 radical (unpaired) electrons. The Morgan fingerprint density at radius 1 is 1.47 bits per heavy atom. The molecular formula is C12H14ClN3O2S. The van der Waals surface area contributed by atoms with Gasteiger partial charge < -0.3 is 4.98 Å². The van der Waals surface area contributed by atoms with Crippen LogP contribution in [0.1, 0.15) is 25.2 Å². The lowest BCUT2D eigenvalue weighted by Gasteiger charge is -2.15. The van der Waals surface area contributed by atoms with Crippen molar-refractivity contribution in [3.63, 3.8) is 0 Å². The summed E-state index contributed by atoms with van der Waals surface area (Å²) in [6.45, 7) is 1.88. The second-order valence-electron chi connectivity index (χ2n) is 4.01. The normalized spacial score (nSPS) is 13.4. The van der Waals surface area contributed by atoms with E-state index in [1.807, 2.05) is 6.92 Å². The summed E-state index contributed by atoms with van der Waals surface area (Å²) in [6, 6.07) is 5.76. The highest BCUT2D eigenvalue weighted by atomic mass is 35.5. The van der Waals surface area contributed by atoms with Crippen LogP contribution in [0.4, 0.5) is 0 Å². The average Bonchev–Trinajstić information content (AvgIpc) is 2.90. The summed E-state index contributed by atoms with van der Waals surface area (Å²) in [5, 5.41) is 0.383. The number of H-pyrrole nitrogens is 1. The minimum Gasteiger partial charge on any atom is -0.347 e. The van der Waals surface area contributed by atoms with Gasteiger partial charge in [-0.25, -0.2) is 18.1 Å². The first-order valence-electron chi connectivity index (χ1n) is 5.80. The molecule has 5 nitrogen and oxygen atoms in total. The van der Waals surface area contributed by atoms with Crippen LogP contribution in [0.5, 0.6) is 0 Å². The Hall–Kier alpha value is -1.37. The summed E-state index contributed by atoms with van der Waals surface area (Å²) < 4.78 is 27.1. The van der Waals surface area contributed by atoms with Gasteiger partial charge in [-0.1, -0.05) is 24.6 Å². The zero-order chi connectivity index (χ0) is 13.9. The molecule has 102 valence electrons. The molecule has 0 amide bonds. The van der Waals surface area contributed by atoms with Crippen LogP contribution in [0.2, 0.25) is 5.02 Å². The molecule has 0 aliphatic carbocycles. The van der Waals surface area contributed by atoms with Crippen LogP contribution in [-0.4, -0.2) is 18.4 Å². The van der Waals surface area contributed by atoms with Crippen molar-refractivity contribution >= 4 is 21.6 Å². The van der Waals surface area contributed by atoms with Gasteiger partial charge in [0.2, 0.25) is 10.0 Å². The number of benzene rings is 1. The minimum atomic E-state index is -3.61. The first-order valence-corrected chi connectivity index (χ1v) is 7.66. The Balaban J connectivity index is 2.26. The van der Waals surface area contributed by atoms with Crippen molar-refractivity contribution in [3.05, 3.63) is 47.5 Å². The predicted octanol–water partition coefficient (Wildman–Crippen LogP) is 2.49. The van der Waals surface area contributed by atoms with Gasteiger partial charge in [-0.05, 0) is 24.6 Å². The Morgan fingerprint density at radius 2 is 2.26 bits per heavy atom. The maximum absolute atomic E-state index is 12.2. The molecule has 0 saturated heterocycles. The number of aromatic amines is 1. The average molecular weight is 300 g/mol. The number of nitrogens with zero attached hydrogens (tertiary/aromatic N) is 1. The van der Waals surface area contributed by atoms with Crippen molar-refractivity contribution in [1.82, 2.24) is 14.7 Å². The summed E-state index contributed by atoms with van der Waals surface area (Å²) in [5.41, 5.74) is 0. The van der Waals surface area contributed by atoms with Crippen molar-refractivity contribution in [2.24, 2.45) is 0 Å². The first-order chi connectivity index (χ1) is 9.03. The second kappa shape index (κ2) is 5.73. The number of rotatable bonds is 5. The molecule has 0 bridgehead atoms. The molecule has 1 aromatic heterocycles. The molecule has 2 rings (SSSR count). The van der Waals surface area contributed by atoms with Crippen molar-refractivity contribution in [2.75, 3.05) is 0 Å². The summed E-state index contributed by atoms with van der Waals surface area (Å²) >= 11 is 5.81. The third-order valence-corrected chi connectivity index (χ3v) is 4.37. The highest BCUT2D eigenvalue weighted by molar-refractivity contribution is 7.89. The monoisotopic (exact) mass is 299 g/mol. The van der Waals surface area contributed by atoms with Crippen LogP contribution in [0.15, 0.2) is 41.6 Å². The van der Waals surface area contributed by atoms with Crippen molar-refractivity contribution in [2.45, 2.75) is 24.3 Å². The number of hydrogen-bond donors (Lipinski definition) is 2. The molecule has 2 aromatic rings. The molecule has 0 aliphatic heterocycles. The summed E-state index contributed by atoms with van der Waals surface area (Å²) in [4.78, 5) is 7.13. The van der Waals surface area contributed by atoms with E-state index in [-0.39, 0.29) is 10.9 Å². The zero-order valence-electron chi connectivity index (χ0n) is 10.3. The van der Waals surface area contributed by atoms with E-state index in [4.69, 9.17) is 11.6 Å². The zero-order valence-corrected chi connectivity index (χ0v) is 11.9. The molecule has 0 spiro atoms. The van der Waals surface area contributed by atoms with E-state index in [1.165, 1.54) is 12.1 Å². The SMILES string of the molecule is CCC(NS(=O)(=O)c1cccc(Cl)c1)c1ncc[nH]1. The Bertz CT molecular complexity index is 641. The fourth-order valence-corrected chi connectivity index (χ4v) is 3.27. The molecule has 0 fully saturated rings. The Labute approximate surface area is 117 Å². The predicted molar refractivity (Wildman–Crippen MR) is 73.4 cm³/mol. The van der Waals surface area contributed by atoms with Crippen LogP contribution in [0, 0.1) is 0 Å². The Kier molecular flexibility index (Phi) is 4.24. The number of hydrogen-bond acceptors (Lipinski definition) is 3. The van der Waals surface area contributed by atoms with E-state index < -0.39 is 10.0 Å². The molecule has 2 N–H and O–H groups in total. The maximum Gasteiger partial charge on any atom is 0.241 e. The van der Waals surface area contributed by atoms with Crippen LogP contribution in [0.3, 0.4) is 0 Å². The maximum atomic E-state index is 12.2. The fourth-order valence-electron chi connectivity index (χ4n) is 1.69. The van der Waals surface area contributed by atoms with E-state index in [9.17, 15) is 8.42 Å². The van der Waals surface area contributed by atoms with Gasteiger partial charge in [0.15, 0.2) is 0 Å². The van der Waals surface area contributed by atoms with Crippen molar-refractivity contribution < 1.29 is 8.42 Å². The third kappa shape index (κ3) is 3.34. The van der Waals surface area contributed by atoms with Crippen LogP contribution in [-0.2, 0) is 10.0 Å². The van der Waals surface area contributed by atoms with Gasteiger partial charge in [-0.15, -0.1) is 0 Å². The van der Waals surface area contributed by atoms with Gasteiger partial charge in [0.25, 0.3) is 0 Å². The molecule has 1 aromatic carbocycles. The lowest BCUT2D eigenvalue weighted by molar-refractivity contribution is 0.539. The van der Waals surface area contributed by atoms with E-state index in [1.54, 1.807) is 24.5 Å².